The molecule has 0 aliphatic heterocycles. The van der Waals surface area contributed by atoms with Crippen molar-refractivity contribution in [3.05, 3.63) is 40.7 Å². The molecule has 0 radical (unpaired) electrons. The third-order valence-electron chi connectivity index (χ3n) is 3.26. The zero-order chi connectivity index (χ0) is 14.7. The normalized spacial score (nSPS) is 10.6. The molecule has 0 amide bonds. The van der Waals surface area contributed by atoms with Crippen LogP contribution >= 0.6 is 0 Å². The summed E-state index contributed by atoms with van der Waals surface area (Å²) in [5, 5.41) is 16.6. The third-order valence-corrected chi connectivity index (χ3v) is 3.26. The Morgan fingerprint density at radius 2 is 2.15 bits per heavy atom. The van der Waals surface area contributed by atoms with E-state index in [1.165, 1.54) is 4.68 Å². The summed E-state index contributed by atoms with van der Waals surface area (Å²) in [6, 6.07) is 5.77. The lowest BCUT2D eigenvalue weighted by Crippen LogP contribution is -2.11. The second-order valence-corrected chi connectivity index (χ2v) is 4.49. The highest BCUT2D eigenvalue weighted by Gasteiger charge is 2.19. The Balaban J connectivity index is 2.24. The highest BCUT2D eigenvalue weighted by atomic mass is 16.5. The van der Waals surface area contributed by atoms with Crippen LogP contribution in [0.1, 0.15) is 34.2 Å². The molecule has 106 valence electrons. The van der Waals surface area contributed by atoms with Gasteiger partial charge in [-0.15, -0.1) is 5.10 Å². The van der Waals surface area contributed by atoms with E-state index in [4.69, 9.17) is 9.84 Å². The van der Waals surface area contributed by atoms with Gasteiger partial charge < -0.3 is 9.84 Å². The van der Waals surface area contributed by atoms with Crippen molar-refractivity contribution in [1.29, 1.82) is 0 Å². The number of rotatable bonds is 5. The minimum Gasteiger partial charge on any atom is -0.487 e. The predicted molar refractivity (Wildman–Crippen MR) is 72.9 cm³/mol. The van der Waals surface area contributed by atoms with E-state index in [0.29, 0.717) is 12.2 Å². The summed E-state index contributed by atoms with van der Waals surface area (Å²) in [5.74, 6) is -0.352. The molecule has 6 heteroatoms. The number of carboxylic acid groups (broad SMARTS) is 1. The molecule has 1 N–H and O–H groups in total. The first-order chi connectivity index (χ1) is 9.54. The summed E-state index contributed by atoms with van der Waals surface area (Å²) in [4.78, 5) is 11.1. The van der Waals surface area contributed by atoms with E-state index in [9.17, 15) is 4.79 Å². The summed E-state index contributed by atoms with van der Waals surface area (Å²) in [6.45, 7) is 6.53. The number of hydrogen-bond acceptors (Lipinski definition) is 4. The van der Waals surface area contributed by atoms with Crippen LogP contribution in [-0.2, 0) is 13.2 Å². The third kappa shape index (κ3) is 2.64. The van der Waals surface area contributed by atoms with E-state index in [-0.39, 0.29) is 12.3 Å². The Hall–Kier alpha value is -2.37. The van der Waals surface area contributed by atoms with Gasteiger partial charge in [0.15, 0.2) is 5.69 Å². The van der Waals surface area contributed by atoms with Crippen molar-refractivity contribution in [2.75, 3.05) is 0 Å². The number of aryl methyl sites for hydroxylation is 2. The average Bonchev–Trinajstić information content (AvgIpc) is 2.83. The van der Waals surface area contributed by atoms with Gasteiger partial charge in [-0.1, -0.05) is 17.3 Å². The molecular weight excluding hydrogens is 258 g/mol. The standard InChI is InChI=1S/C14H17N3O3/c1-4-17-11(13(14(18)19)15-16-17)8-20-12-7-5-6-9(2)10(12)3/h5-7H,4,8H2,1-3H3,(H,18,19). The first-order valence-electron chi connectivity index (χ1n) is 6.39. The van der Waals surface area contributed by atoms with Gasteiger partial charge in [0.1, 0.15) is 18.1 Å². The maximum atomic E-state index is 11.1. The van der Waals surface area contributed by atoms with E-state index in [2.05, 4.69) is 10.3 Å². The molecule has 20 heavy (non-hydrogen) atoms. The van der Waals surface area contributed by atoms with Crippen LogP contribution in [0.4, 0.5) is 0 Å². The average molecular weight is 275 g/mol. The molecule has 0 saturated heterocycles. The Kier molecular flexibility index (Phi) is 4.02. The highest BCUT2D eigenvalue weighted by molar-refractivity contribution is 5.86. The van der Waals surface area contributed by atoms with E-state index in [0.717, 1.165) is 16.9 Å². The highest BCUT2D eigenvalue weighted by Crippen LogP contribution is 2.22. The van der Waals surface area contributed by atoms with Crippen LogP contribution in [0.25, 0.3) is 0 Å². The Morgan fingerprint density at radius 1 is 1.40 bits per heavy atom. The number of aromatic nitrogens is 3. The first-order valence-corrected chi connectivity index (χ1v) is 6.39. The fourth-order valence-electron chi connectivity index (χ4n) is 1.92. The molecule has 6 nitrogen and oxygen atoms in total. The van der Waals surface area contributed by atoms with Crippen molar-refractivity contribution in [2.24, 2.45) is 0 Å². The van der Waals surface area contributed by atoms with Crippen LogP contribution < -0.4 is 4.74 Å². The maximum Gasteiger partial charge on any atom is 0.358 e. The fraction of sp³-hybridized carbons (Fsp3) is 0.357. The van der Waals surface area contributed by atoms with E-state index in [1.807, 2.05) is 39.0 Å². The molecule has 0 fully saturated rings. The van der Waals surface area contributed by atoms with Crippen LogP contribution in [0.15, 0.2) is 18.2 Å². The van der Waals surface area contributed by atoms with Gasteiger partial charge in [0.2, 0.25) is 0 Å². The van der Waals surface area contributed by atoms with Gasteiger partial charge in [-0.05, 0) is 38.0 Å². The lowest BCUT2D eigenvalue weighted by molar-refractivity contribution is 0.0687. The number of ether oxygens (including phenoxy) is 1. The molecule has 1 heterocycles. The number of benzene rings is 1. The zero-order valence-electron chi connectivity index (χ0n) is 11.8. The minimum atomic E-state index is -1.09. The van der Waals surface area contributed by atoms with E-state index in [1.54, 1.807) is 0 Å². The van der Waals surface area contributed by atoms with Gasteiger partial charge in [-0.3, -0.25) is 0 Å². The molecule has 2 rings (SSSR count). The number of hydrogen-bond donors (Lipinski definition) is 1. The minimum absolute atomic E-state index is 0.0582. The van der Waals surface area contributed by atoms with Crippen molar-refractivity contribution in [3.63, 3.8) is 0 Å². The van der Waals surface area contributed by atoms with Gasteiger partial charge in [-0.25, -0.2) is 9.48 Å². The van der Waals surface area contributed by atoms with Gasteiger partial charge in [0.25, 0.3) is 0 Å². The van der Waals surface area contributed by atoms with Crippen molar-refractivity contribution < 1.29 is 14.6 Å². The van der Waals surface area contributed by atoms with Crippen LogP contribution in [-0.4, -0.2) is 26.1 Å². The summed E-state index contributed by atoms with van der Waals surface area (Å²) in [6.07, 6.45) is 0. The largest absolute Gasteiger partial charge is 0.487 e. The second kappa shape index (κ2) is 5.73. The zero-order valence-corrected chi connectivity index (χ0v) is 11.8. The van der Waals surface area contributed by atoms with Crippen molar-refractivity contribution >= 4 is 5.97 Å². The second-order valence-electron chi connectivity index (χ2n) is 4.49. The molecule has 0 saturated carbocycles. The number of carboxylic acids is 1. The summed E-state index contributed by atoms with van der Waals surface area (Å²) in [7, 11) is 0. The van der Waals surface area contributed by atoms with Gasteiger partial charge in [-0.2, -0.15) is 0 Å². The smallest absolute Gasteiger partial charge is 0.358 e. The van der Waals surface area contributed by atoms with E-state index < -0.39 is 5.97 Å². The Bertz CT molecular complexity index is 635. The molecule has 0 spiro atoms. The summed E-state index contributed by atoms with van der Waals surface area (Å²) in [5.41, 5.74) is 2.58. The van der Waals surface area contributed by atoms with Gasteiger partial charge >= 0.3 is 5.97 Å². The maximum absolute atomic E-state index is 11.1. The van der Waals surface area contributed by atoms with Crippen molar-refractivity contribution in [1.82, 2.24) is 15.0 Å². The van der Waals surface area contributed by atoms with Gasteiger partial charge in [0.05, 0.1) is 0 Å². The van der Waals surface area contributed by atoms with Crippen molar-refractivity contribution in [3.8, 4) is 5.75 Å². The molecule has 1 aromatic carbocycles. The fourth-order valence-corrected chi connectivity index (χ4v) is 1.92. The summed E-state index contributed by atoms with van der Waals surface area (Å²) < 4.78 is 7.27. The molecule has 0 aliphatic rings. The van der Waals surface area contributed by atoms with Crippen LogP contribution in [0, 0.1) is 13.8 Å². The molecule has 2 aromatic rings. The van der Waals surface area contributed by atoms with Gasteiger partial charge in [0, 0.05) is 6.54 Å². The van der Waals surface area contributed by atoms with Crippen LogP contribution in [0.2, 0.25) is 0 Å². The number of carbonyl (C=O) groups is 1. The lowest BCUT2D eigenvalue weighted by Gasteiger charge is -2.11. The lowest BCUT2D eigenvalue weighted by atomic mass is 10.1. The Labute approximate surface area is 117 Å². The SMILES string of the molecule is CCn1nnc(C(=O)O)c1COc1cccc(C)c1C. The van der Waals surface area contributed by atoms with Crippen molar-refractivity contribution in [2.45, 2.75) is 33.9 Å². The molecule has 0 atom stereocenters. The monoisotopic (exact) mass is 275 g/mol. The number of aromatic carboxylic acids is 1. The predicted octanol–water partition coefficient (Wildman–Crippen LogP) is 2.19. The number of nitrogens with zero attached hydrogens (tertiary/aromatic N) is 3. The summed E-state index contributed by atoms with van der Waals surface area (Å²) >= 11 is 0. The van der Waals surface area contributed by atoms with Crippen LogP contribution in [0.5, 0.6) is 5.75 Å². The topological polar surface area (TPSA) is 77.2 Å². The molecule has 1 aromatic heterocycles. The Morgan fingerprint density at radius 3 is 2.80 bits per heavy atom. The molecular formula is C14H17N3O3. The molecule has 0 aliphatic carbocycles. The quantitative estimate of drug-likeness (QED) is 0.905. The van der Waals surface area contributed by atoms with Crippen LogP contribution in [0.3, 0.4) is 0 Å². The first kappa shape index (κ1) is 14.0. The molecule has 0 unspecified atom stereocenters. The van der Waals surface area contributed by atoms with E-state index >= 15 is 0 Å². The molecule has 0 bridgehead atoms.